The quantitative estimate of drug-likeness (QED) is 0.376. The summed E-state index contributed by atoms with van der Waals surface area (Å²) in [6, 6.07) is 4.44. The van der Waals surface area contributed by atoms with Crippen molar-refractivity contribution in [3.05, 3.63) is 42.0 Å². The van der Waals surface area contributed by atoms with Crippen LogP contribution < -0.4 is 0 Å². The smallest absolute Gasteiger partial charge is 0.410 e. The summed E-state index contributed by atoms with van der Waals surface area (Å²) < 4.78 is 9.63. The van der Waals surface area contributed by atoms with Crippen molar-refractivity contribution in [3.8, 4) is 10.4 Å². The molecule has 6 rings (SSSR count). The summed E-state index contributed by atoms with van der Waals surface area (Å²) in [5, 5.41) is 5.73. The normalized spacial score (nSPS) is 21.1. The van der Waals surface area contributed by atoms with Gasteiger partial charge in [-0.2, -0.15) is 5.10 Å². The van der Waals surface area contributed by atoms with Crippen LogP contribution in [0.1, 0.15) is 50.8 Å². The predicted molar refractivity (Wildman–Crippen MR) is 134 cm³/mol. The maximum Gasteiger partial charge on any atom is 0.410 e. The first-order chi connectivity index (χ1) is 16.1. The molecule has 34 heavy (non-hydrogen) atoms. The van der Waals surface area contributed by atoms with Gasteiger partial charge in [0.05, 0.1) is 16.1 Å². The van der Waals surface area contributed by atoms with Crippen molar-refractivity contribution in [2.45, 2.75) is 52.1 Å². The van der Waals surface area contributed by atoms with E-state index in [1.54, 1.807) is 11.3 Å². The highest BCUT2D eigenvalue weighted by Crippen LogP contribution is 2.46. The maximum absolute atomic E-state index is 12.5. The molecule has 7 nitrogen and oxygen atoms in total. The Kier molecular flexibility index (Phi) is 4.82. The van der Waals surface area contributed by atoms with Gasteiger partial charge in [-0.15, -0.1) is 0 Å². The third-order valence-corrected chi connectivity index (χ3v) is 8.24. The topological polar surface area (TPSA) is 64.7 Å². The van der Waals surface area contributed by atoms with Gasteiger partial charge in [0.1, 0.15) is 5.60 Å². The largest absolute Gasteiger partial charge is 0.444 e. The summed E-state index contributed by atoms with van der Waals surface area (Å²) in [5.74, 6) is 1.56. The van der Waals surface area contributed by atoms with Crippen molar-refractivity contribution in [1.82, 2.24) is 24.1 Å². The molecule has 4 aromatic rings. The van der Waals surface area contributed by atoms with E-state index in [4.69, 9.17) is 9.72 Å². The number of rotatable bonds is 2. The number of benzene rings is 1. The van der Waals surface area contributed by atoms with Crippen molar-refractivity contribution >= 4 is 33.3 Å². The summed E-state index contributed by atoms with van der Waals surface area (Å²) in [6.07, 6.45) is 8.50. The van der Waals surface area contributed by atoms with Crippen LogP contribution in [0, 0.1) is 18.8 Å². The molecular weight excluding hydrogens is 446 g/mol. The van der Waals surface area contributed by atoms with Crippen LogP contribution in [-0.4, -0.2) is 48.8 Å². The van der Waals surface area contributed by atoms with E-state index in [2.05, 4.69) is 47.1 Å². The van der Waals surface area contributed by atoms with Gasteiger partial charge >= 0.3 is 6.09 Å². The molecule has 0 N–H and O–H groups in total. The lowest BCUT2D eigenvalue weighted by Crippen LogP contribution is -2.36. The molecule has 1 saturated carbocycles. The van der Waals surface area contributed by atoms with Crippen LogP contribution in [0.3, 0.4) is 0 Å². The lowest BCUT2D eigenvalue weighted by Gasteiger charge is -2.25. The molecule has 0 radical (unpaired) electrons. The van der Waals surface area contributed by atoms with E-state index < -0.39 is 5.60 Å². The number of ether oxygens (including phenoxy) is 1. The van der Waals surface area contributed by atoms with Crippen LogP contribution >= 0.6 is 11.3 Å². The molecular formula is C26H31N5O2S. The molecule has 8 heteroatoms. The first kappa shape index (κ1) is 21.6. The molecule has 1 aromatic carbocycles. The number of aryl methyl sites for hydroxylation is 2. The van der Waals surface area contributed by atoms with Crippen LogP contribution in [-0.2, 0) is 11.8 Å². The molecule has 1 aliphatic heterocycles. The molecule has 3 aromatic heterocycles. The van der Waals surface area contributed by atoms with E-state index >= 15 is 0 Å². The van der Waals surface area contributed by atoms with Gasteiger partial charge in [0.15, 0.2) is 4.96 Å². The highest BCUT2D eigenvalue weighted by molar-refractivity contribution is 7.20. The number of hydrogen-bond acceptors (Lipinski definition) is 5. The van der Waals surface area contributed by atoms with Crippen LogP contribution in [0.2, 0.25) is 0 Å². The predicted octanol–water partition coefficient (Wildman–Crippen LogP) is 5.62. The monoisotopic (exact) mass is 477 g/mol. The molecule has 0 bridgehead atoms. The lowest BCUT2D eigenvalue weighted by atomic mass is 10.0. The Morgan fingerprint density at radius 3 is 2.53 bits per heavy atom. The number of carbonyl (C=O) groups is 1. The molecule has 1 aliphatic carbocycles. The van der Waals surface area contributed by atoms with Crippen molar-refractivity contribution < 1.29 is 9.53 Å². The van der Waals surface area contributed by atoms with Crippen LogP contribution in [0.25, 0.3) is 26.3 Å². The lowest BCUT2D eigenvalue weighted by molar-refractivity contribution is 0.0279. The van der Waals surface area contributed by atoms with E-state index in [0.717, 1.165) is 36.4 Å². The van der Waals surface area contributed by atoms with Gasteiger partial charge in [0, 0.05) is 50.0 Å². The molecule has 1 saturated heterocycles. The maximum atomic E-state index is 12.5. The van der Waals surface area contributed by atoms with Crippen molar-refractivity contribution in [1.29, 1.82) is 0 Å². The first-order valence-electron chi connectivity index (χ1n) is 12.0. The standard InChI is InChI=1S/C26H31N5O2S/c1-15-6-17(9-20-10-29(5)28-23(15)20)22-14-30-13-21(27-24(30)34-22)16-7-18-11-31(12-19(18)8-16)25(32)33-26(2,3)4/h6,9-10,13-14,16,18-19H,7-8,11-12H2,1-5H3/t18-,19-/m1/s1. The van der Waals surface area contributed by atoms with Gasteiger partial charge < -0.3 is 9.64 Å². The van der Waals surface area contributed by atoms with Crippen LogP contribution in [0.15, 0.2) is 30.7 Å². The highest BCUT2D eigenvalue weighted by atomic mass is 32.1. The summed E-state index contributed by atoms with van der Waals surface area (Å²) >= 11 is 1.74. The first-order valence-corrected chi connectivity index (χ1v) is 12.9. The number of thiazole rings is 1. The molecule has 0 spiro atoms. The molecule has 0 unspecified atom stereocenters. The number of nitrogens with zero attached hydrogens (tertiary/aromatic N) is 5. The number of imidazole rings is 1. The number of carbonyl (C=O) groups excluding carboxylic acids is 1. The Hall–Kier alpha value is -2.87. The van der Waals surface area contributed by atoms with Gasteiger partial charge in [-0.25, -0.2) is 9.78 Å². The Labute approximate surface area is 203 Å². The third kappa shape index (κ3) is 3.78. The Bertz CT molecular complexity index is 1360. The average molecular weight is 478 g/mol. The molecule has 2 atom stereocenters. The van der Waals surface area contributed by atoms with Crippen molar-refractivity contribution in [2.24, 2.45) is 18.9 Å². The summed E-state index contributed by atoms with van der Waals surface area (Å²) in [4.78, 5) is 21.6. The Morgan fingerprint density at radius 2 is 1.85 bits per heavy atom. The van der Waals surface area contributed by atoms with E-state index in [-0.39, 0.29) is 6.09 Å². The van der Waals surface area contributed by atoms with Gasteiger partial charge in [-0.05, 0) is 75.6 Å². The molecule has 2 fully saturated rings. The summed E-state index contributed by atoms with van der Waals surface area (Å²) in [7, 11) is 1.96. The Balaban J connectivity index is 1.17. The second-order valence-corrected chi connectivity index (χ2v) is 12.1. The van der Waals surface area contributed by atoms with Crippen molar-refractivity contribution in [2.75, 3.05) is 13.1 Å². The molecule has 178 valence electrons. The zero-order chi connectivity index (χ0) is 23.8. The number of aromatic nitrogens is 4. The average Bonchev–Trinajstić information content (AvgIpc) is 3.49. The third-order valence-electron chi connectivity index (χ3n) is 7.19. The number of hydrogen-bond donors (Lipinski definition) is 0. The minimum atomic E-state index is -0.444. The fourth-order valence-corrected chi connectivity index (χ4v) is 6.69. The number of likely N-dealkylation sites (tertiary alicyclic amines) is 1. The van der Waals surface area contributed by atoms with Crippen LogP contribution in [0.4, 0.5) is 4.79 Å². The molecule has 2 aliphatic rings. The van der Waals surface area contributed by atoms with Gasteiger partial charge in [0.2, 0.25) is 0 Å². The fraction of sp³-hybridized carbons (Fsp3) is 0.500. The number of amides is 1. The van der Waals surface area contributed by atoms with Crippen molar-refractivity contribution in [3.63, 3.8) is 0 Å². The van der Waals surface area contributed by atoms with Gasteiger partial charge in [-0.1, -0.05) is 11.3 Å². The fourth-order valence-electron chi connectivity index (χ4n) is 5.73. The second kappa shape index (κ2) is 7.57. The highest BCUT2D eigenvalue weighted by Gasteiger charge is 2.44. The summed E-state index contributed by atoms with van der Waals surface area (Å²) in [6.45, 7) is 9.50. The van der Waals surface area contributed by atoms with Gasteiger partial charge in [-0.3, -0.25) is 9.08 Å². The second-order valence-electron chi connectivity index (χ2n) is 11.1. The Morgan fingerprint density at radius 1 is 1.12 bits per heavy atom. The zero-order valence-corrected chi connectivity index (χ0v) is 21.2. The zero-order valence-electron chi connectivity index (χ0n) is 20.4. The van der Waals surface area contributed by atoms with E-state index in [0.29, 0.717) is 17.8 Å². The van der Waals surface area contributed by atoms with E-state index in [9.17, 15) is 4.79 Å². The molecule has 1 amide bonds. The minimum Gasteiger partial charge on any atom is -0.444 e. The van der Waals surface area contributed by atoms with Gasteiger partial charge in [0.25, 0.3) is 0 Å². The molecule has 4 heterocycles. The number of fused-ring (bicyclic) bond motifs is 3. The SMILES string of the molecule is Cc1cc(-c2cn3cc(C4C[C@@H]5CN(C(=O)OC(C)(C)C)C[C@H]5C4)nc3s2)cc2cn(C)nc12. The minimum absolute atomic E-state index is 0.173. The van der Waals surface area contributed by atoms with E-state index in [1.807, 2.05) is 37.4 Å². The summed E-state index contributed by atoms with van der Waals surface area (Å²) in [5.41, 5.74) is 4.22. The van der Waals surface area contributed by atoms with Crippen LogP contribution in [0.5, 0.6) is 0 Å². The van der Waals surface area contributed by atoms with E-state index in [1.165, 1.54) is 27.1 Å².